The molecule has 1 aliphatic heterocycles. The first-order valence-corrected chi connectivity index (χ1v) is 5.45. The molecular weight excluding hydrogens is 172 g/mol. The minimum atomic E-state index is 0.353. The number of rotatable bonds is 2. The van der Waals surface area contributed by atoms with E-state index in [-0.39, 0.29) is 0 Å². The third-order valence-electron chi connectivity index (χ3n) is 2.89. The Morgan fingerprint density at radius 2 is 2.07 bits per heavy atom. The van der Waals surface area contributed by atoms with Crippen LogP contribution in [0.5, 0.6) is 0 Å². The lowest BCUT2D eigenvalue weighted by Crippen LogP contribution is -2.54. The number of nitrogens with one attached hydrogen (secondary N) is 1. The van der Waals surface area contributed by atoms with E-state index in [0.717, 1.165) is 13.1 Å². The van der Waals surface area contributed by atoms with Gasteiger partial charge in [0.05, 0.1) is 0 Å². The molecule has 1 fully saturated rings. The average molecular weight is 194 g/mol. The van der Waals surface area contributed by atoms with E-state index in [1.54, 1.807) is 0 Å². The van der Waals surface area contributed by atoms with E-state index in [4.69, 9.17) is 6.42 Å². The molecule has 2 nitrogen and oxygen atoms in total. The minimum absolute atomic E-state index is 0.353. The Hall–Kier alpha value is -0.520. The molecule has 0 aromatic rings. The van der Waals surface area contributed by atoms with E-state index in [0.29, 0.717) is 23.9 Å². The molecule has 0 bridgehead atoms. The molecule has 0 aliphatic carbocycles. The Kier molecular flexibility index (Phi) is 3.97. The van der Waals surface area contributed by atoms with Gasteiger partial charge in [-0.25, -0.2) is 0 Å². The van der Waals surface area contributed by atoms with Gasteiger partial charge in [0.15, 0.2) is 0 Å². The predicted molar refractivity (Wildman–Crippen MR) is 61.0 cm³/mol. The summed E-state index contributed by atoms with van der Waals surface area (Å²) in [6.07, 6.45) is 5.58. The molecule has 1 unspecified atom stereocenters. The Balaban J connectivity index is 2.64. The zero-order valence-electron chi connectivity index (χ0n) is 9.75. The summed E-state index contributed by atoms with van der Waals surface area (Å²) in [6, 6.07) is 0.998. The van der Waals surface area contributed by atoms with Gasteiger partial charge in [-0.3, -0.25) is 0 Å². The third-order valence-corrected chi connectivity index (χ3v) is 2.89. The second-order valence-electron chi connectivity index (χ2n) is 4.82. The van der Waals surface area contributed by atoms with Crippen LogP contribution in [0, 0.1) is 24.2 Å². The smallest absolute Gasteiger partial charge is 0.0483 e. The van der Waals surface area contributed by atoms with Gasteiger partial charge in [-0.2, -0.15) is 0 Å². The number of nitrogens with zero attached hydrogens (tertiary/aromatic N) is 1. The van der Waals surface area contributed by atoms with Crippen molar-refractivity contribution in [3.63, 3.8) is 0 Å². The number of likely N-dealkylation sites (tertiary alicyclic amines) is 1. The molecule has 2 heteroatoms. The van der Waals surface area contributed by atoms with Crippen LogP contribution < -0.4 is 5.32 Å². The number of piperidine rings is 1. The highest BCUT2D eigenvalue weighted by atomic mass is 15.1. The number of hydrogen-bond acceptors (Lipinski definition) is 2. The third kappa shape index (κ3) is 2.73. The lowest BCUT2D eigenvalue weighted by molar-refractivity contribution is 0.136. The van der Waals surface area contributed by atoms with Gasteiger partial charge in [-0.1, -0.05) is 20.8 Å². The van der Waals surface area contributed by atoms with Crippen LogP contribution in [-0.4, -0.2) is 37.1 Å². The minimum Gasteiger partial charge on any atom is -0.310 e. The summed E-state index contributed by atoms with van der Waals surface area (Å²) in [5, 5.41) is 3.58. The molecule has 0 spiro atoms. The van der Waals surface area contributed by atoms with Crippen molar-refractivity contribution in [1.29, 1.82) is 0 Å². The summed E-state index contributed by atoms with van der Waals surface area (Å²) in [7, 11) is 2.15. The van der Waals surface area contributed by atoms with Gasteiger partial charge >= 0.3 is 0 Å². The summed E-state index contributed by atoms with van der Waals surface area (Å²) in [5.41, 5.74) is 0. The van der Waals surface area contributed by atoms with Gasteiger partial charge in [0, 0.05) is 31.1 Å². The van der Waals surface area contributed by atoms with Gasteiger partial charge in [-0.15, -0.1) is 12.3 Å². The van der Waals surface area contributed by atoms with E-state index in [1.165, 1.54) is 0 Å². The molecule has 3 atom stereocenters. The van der Waals surface area contributed by atoms with Crippen LogP contribution in [0.15, 0.2) is 0 Å². The van der Waals surface area contributed by atoms with Crippen LogP contribution in [-0.2, 0) is 0 Å². The Morgan fingerprint density at radius 1 is 1.43 bits per heavy atom. The van der Waals surface area contributed by atoms with Gasteiger partial charge < -0.3 is 10.2 Å². The fraction of sp³-hybridized carbons (Fsp3) is 0.833. The lowest BCUT2D eigenvalue weighted by Gasteiger charge is -2.40. The van der Waals surface area contributed by atoms with E-state index in [2.05, 4.69) is 44.0 Å². The fourth-order valence-electron chi connectivity index (χ4n) is 2.35. The molecule has 0 saturated carbocycles. The maximum Gasteiger partial charge on any atom is 0.0483 e. The zero-order chi connectivity index (χ0) is 10.7. The standard InChI is InChI=1S/C12H22N2/c1-6-11-8-14(5)7-10(4)12(11)13-9(2)3/h1,9-13H,7-8H2,2-5H3/t10-,11+,12?/m0/s1. The maximum atomic E-state index is 5.58. The average Bonchev–Trinajstić information content (AvgIpc) is 2.08. The summed E-state index contributed by atoms with van der Waals surface area (Å²) in [6.45, 7) is 8.80. The first-order chi connectivity index (χ1) is 6.54. The summed E-state index contributed by atoms with van der Waals surface area (Å²) < 4.78 is 0. The van der Waals surface area contributed by atoms with Crippen molar-refractivity contribution in [2.75, 3.05) is 20.1 Å². The molecule has 14 heavy (non-hydrogen) atoms. The second kappa shape index (κ2) is 4.82. The van der Waals surface area contributed by atoms with Crippen LogP contribution in [0.2, 0.25) is 0 Å². The van der Waals surface area contributed by atoms with Crippen molar-refractivity contribution >= 4 is 0 Å². The molecule has 0 amide bonds. The van der Waals surface area contributed by atoms with Crippen LogP contribution in [0.1, 0.15) is 20.8 Å². The fourth-order valence-corrected chi connectivity index (χ4v) is 2.35. The molecule has 1 N–H and O–H groups in total. The zero-order valence-corrected chi connectivity index (χ0v) is 9.75. The highest BCUT2D eigenvalue weighted by Crippen LogP contribution is 2.21. The van der Waals surface area contributed by atoms with Gasteiger partial charge in [0.1, 0.15) is 0 Å². The first-order valence-electron chi connectivity index (χ1n) is 5.45. The quantitative estimate of drug-likeness (QED) is 0.664. The topological polar surface area (TPSA) is 15.3 Å². The molecule has 0 aromatic carbocycles. The van der Waals surface area contributed by atoms with Gasteiger partial charge in [-0.05, 0) is 13.0 Å². The highest BCUT2D eigenvalue weighted by Gasteiger charge is 2.31. The monoisotopic (exact) mass is 194 g/mol. The molecule has 1 saturated heterocycles. The molecule has 80 valence electrons. The Morgan fingerprint density at radius 3 is 2.57 bits per heavy atom. The number of terminal acetylenes is 1. The largest absolute Gasteiger partial charge is 0.310 e. The number of hydrogen-bond donors (Lipinski definition) is 1. The lowest BCUT2D eigenvalue weighted by atomic mass is 9.85. The molecule has 0 aromatic heterocycles. The van der Waals surface area contributed by atoms with Gasteiger partial charge in [0.25, 0.3) is 0 Å². The van der Waals surface area contributed by atoms with E-state index in [9.17, 15) is 0 Å². The maximum absolute atomic E-state index is 5.58. The molecule has 1 aliphatic rings. The Bertz CT molecular complexity index is 217. The molecule has 1 rings (SSSR count). The van der Waals surface area contributed by atoms with Gasteiger partial charge in [0.2, 0.25) is 0 Å². The predicted octanol–water partition coefficient (Wildman–Crippen LogP) is 1.18. The van der Waals surface area contributed by atoms with Crippen molar-refractivity contribution in [1.82, 2.24) is 10.2 Å². The first kappa shape index (κ1) is 11.6. The highest BCUT2D eigenvalue weighted by molar-refractivity contribution is 5.04. The summed E-state index contributed by atoms with van der Waals surface area (Å²) in [4.78, 5) is 2.33. The van der Waals surface area contributed by atoms with Crippen molar-refractivity contribution < 1.29 is 0 Å². The molecule has 1 heterocycles. The van der Waals surface area contributed by atoms with Crippen LogP contribution in [0.4, 0.5) is 0 Å². The molecular formula is C12H22N2. The van der Waals surface area contributed by atoms with E-state index < -0.39 is 0 Å². The molecule has 0 radical (unpaired) electrons. The van der Waals surface area contributed by atoms with E-state index >= 15 is 0 Å². The van der Waals surface area contributed by atoms with Crippen LogP contribution in [0.3, 0.4) is 0 Å². The van der Waals surface area contributed by atoms with Crippen molar-refractivity contribution in [2.45, 2.75) is 32.9 Å². The van der Waals surface area contributed by atoms with Crippen LogP contribution in [0.25, 0.3) is 0 Å². The van der Waals surface area contributed by atoms with E-state index in [1.807, 2.05) is 0 Å². The SMILES string of the molecule is C#C[C@@H]1CN(C)C[C@H](C)C1NC(C)C. The van der Waals surface area contributed by atoms with Crippen molar-refractivity contribution in [3.8, 4) is 12.3 Å². The summed E-state index contributed by atoms with van der Waals surface area (Å²) in [5.74, 6) is 3.91. The Labute approximate surface area is 88.1 Å². The van der Waals surface area contributed by atoms with Crippen LogP contribution >= 0.6 is 0 Å². The van der Waals surface area contributed by atoms with Crippen molar-refractivity contribution in [2.24, 2.45) is 11.8 Å². The second-order valence-corrected chi connectivity index (χ2v) is 4.82. The normalized spacial score (nSPS) is 34.4. The summed E-state index contributed by atoms with van der Waals surface area (Å²) >= 11 is 0. The van der Waals surface area contributed by atoms with Crippen molar-refractivity contribution in [3.05, 3.63) is 0 Å².